The molecule has 88 valence electrons. The van der Waals surface area contributed by atoms with Crippen molar-refractivity contribution in [1.29, 1.82) is 0 Å². The first-order valence-electron chi connectivity index (χ1n) is 5.35. The Hall–Kier alpha value is -1.45. The molecular formula is C12H15F2NO. The van der Waals surface area contributed by atoms with E-state index >= 15 is 0 Å². The second kappa shape index (κ2) is 5.58. The van der Waals surface area contributed by atoms with E-state index in [1.807, 2.05) is 13.8 Å². The lowest BCUT2D eigenvalue weighted by Crippen LogP contribution is -2.32. The van der Waals surface area contributed by atoms with Gasteiger partial charge >= 0.3 is 0 Å². The van der Waals surface area contributed by atoms with E-state index in [0.717, 1.165) is 12.5 Å². The Morgan fingerprint density at radius 3 is 2.56 bits per heavy atom. The van der Waals surface area contributed by atoms with E-state index in [4.69, 9.17) is 0 Å². The van der Waals surface area contributed by atoms with Gasteiger partial charge in [-0.25, -0.2) is 8.78 Å². The van der Waals surface area contributed by atoms with Crippen LogP contribution in [-0.4, -0.2) is 23.9 Å². The highest BCUT2D eigenvalue weighted by Gasteiger charge is 2.19. The molecular weight excluding hydrogens is 212 g/mol. The third kappa shape index (κ3) is 2.56. The van der Waals surface area contributed by atoms with Crippen LogP contribution in [0.25, 0.3) is 0 Å². The third-order valence-corrected chi connectivity index (χ3v) is 2.34. The second-order valence-electron chi connectivity index (χ2n) is 3.49. The summed E-state index contributed by atoms with van der Waals surface area (Å²) in [4.78, 5) is 13.4. The molecule has 0 spiro atoms. The number of rotatable bonds is 4. The summed E-state index contributed by atoms with van der Waals surface area (Å²) in [5.41, 5.74) is -0.199. The largest absolute Gasteiger partial charge is 0.339 e. The minimum absolute atomic E-state index is 0.199. The maximum atomic E-state index is 13.4. The minimum Gasteiger partial charge on any atom is -0.339 e. The number of hydrogen-bond donors (Lipinski definition) is 0. The zero-order valence-electron chi connectivity index (χ0n) is 9.46. The van der Waals surface area contributed by atoms with Gasteiger partial charge in [-0.2, -0.15) is 0 Å². The fraction of sp³-hybridized carbons (Fsp3) is 0.417. The first-order valence-corrected chi connectivity index (χ1v) is 5.35. The van der Waals surface area contributed by atoms with Gasteiger partial charge in [0.15, 0.2) is 11.6 Å². The summed E-state index contributed by atoms with van der Waals surface area (Å²) in [6.45, 7) is 4.77. The molecule has 0 heterocycles. The van der Waals surface area contributed by atoms with Crippen molar-refractivity contribution in [1.82, 2.24) is 4.90 Å². The average Bonchev–Trinajstić information content (AvgIpc) is 2.29. The fourth-order valence-electron chi connectivity index (χ4n) is 1.51. The predicted molar refractivity (Wildman–Crippen MR) is 58.2 cm³/mol. The minimum atomic E-state index is -1.07. The second-order valence-corrected chi connectivity index (χ2v) is 3.49. The molecule has 0 saturated heterocycles. The van der Waals surface area contributed by atoms with Gasteiger partial charge in [-0.15, -0.1) is 0 Å². The lowest BCUT2D eigenvalue weighted by Gasteiger charge is -2.20. The van der Waals surface area contributed by atoms with Crippen molar-refractivity contribution >= 4 is 5.91 Å². The predicted octanol–water partition coefficient (Wildman–Crippen LogP) is 2.84. The van der Waals surface area contributed by atoms with E-state index in [1.165, 1.54) is 17.0 Å². The molecule has 0 atom stereocenters. The van der Waals surface area contributed by atoms with Gasteiger partial charge in [-0.05, 0) is 25.5 Å². The van der Waals surface area contributed by atoms with Crippen molar-refractivity contribution < 1.29 is 13.6 Å². The Kier molecular flexibility index (Phi) is 4.40. The molecule has 0 saturated carbocycles. The van der Waals surface area contributed by atoms with Crippen LogP contribution in [0.4, 0.5) is 8.78 Å². The molecule has 1 aromatic carbocycles. The van der Waals surface area contributed by atoms with Crippen LogP contribution >= 0.6 is 0 Å². The Bertz CT molecular complexity index is 379. The lowest BCUT2D eigenvalue weighted by atomic mass is 10.1. The number of carbonyl (C=O) groups is 1. The Labute approximate surface area is 93.9 Å². The Morgan fingerprint density at radius 1 is 1.31 bits per heavy atom. The van der Waals surface area contributed by atoms with Crippen LogP contribution in [0.15, 0.2) is 18.2 Å². The SMILES string of the molecule is CCCN(CC)C(=O)c1cccc(F)c1F. The number of amides is 1. The van der Waals surface area contributed by atoms with Gasteiger partial charge in [0.2, 0.25) is 0 Å². The maximum absolute atomic E-state index is 13.4. The van der Waals surface area contributed by atoms with Crippen LogP contribution in [0.2, 0.25) is 0 Å². The van der Waals surface area contributed by atoms with Crippen LogP contribution in [0.5, 0.6) is 0 Å². The summed E-state index contributed by atoms with van der Waals surface area (Å²) in [6.07, 6.45) is 0.788. The van der Waals surface area contributed by atoms with Crippen LogP contribution < -0.4 is 0 Å². The summed E-state index contributed by atoms with van der Waals surface area (Å²) in [5, 5.41) is 0. The van der Waals surface area contributed by atoms with E-state index in [0.29, 0.717) is 13.1 Å². The topological polar surface area (TPSA) is 20.3 Å². The quantitative estimate of drug-likeness (QED) is 0.774. The molecule has 0 N–H and O–H groups in total. The van der Waals surface area contributed by atoms with E-state index in [1.54, 1.807) is 0 Å². The van der Waals surface area contributed by atoms with Crippen molar-refractivity contribution in [3.05, 3.63) is 35.4 Å². The molecule has 0 aliphatic heterocycles. The molecule has 1 rings (SSSR count). The molecule has 1 amide bonds. The van der Waals surface area contributed by atoms with Crippen molar-refractivity contribution in [3.8, 4) is 0 Å². The molecule has 0 bridgehead atoms. The van der Waals surface area contributed by atoms with Gasteiger partial charge in [0.05, 0.1) is 5.56 Å². The van der Waals surface area contributed by atoms with Crippen molar-refractivity contribution in [3.63, 3.8) is 0 Å². The first kappa shape index (κ1) is 12.6. The van der Waals surface area contributed by atoms with Crippen molar-refractivity contribution in [2.75, 3.05) is 13.1 Å². The third-order valence-electron chi connectivity index (χ3n) is 2.34. The van der Waals surface area contributed by atoms with Crippen LogP contribution in [0, 0.1) is 11.6 Å². The van der Waals surface area contributed by atoms with Crippen LogP contribution in [-0.2, 0) is 0 Å². The van der Waals surface area contributed by atoms with Crippen molar-refractivity contribution in [2.24, 2.45) is 0 Å². The molecule has 0 aliphatic carbocycles. The average molecular weight is 227 g/mol. The number of carbonyl (C=O) groups excluding carboxylic acids is 1. The molecule has 16 heavy (non-hydrogen) atoms. The molecule has 0 aliphatic rings. The number of halogens is 2. The van der Waals surface area contributed by atoms with Gasteiger partial charge in [0.25, 0.3) is 5.91 Å². The highest BCUT2D eigenvalue weighted by Crippen LogP contribution is 2.13. The Balaban J connectivity index is 2.99. The normalized spacial score (nSPS) is 10.2. The molecule has 0 radical (unpaired) electrons. The summed E-state index contributed by atoms with van der Waals surface area (Å²) in [5.74, 6) is -2.51. The smallest absolute Gasteiger partial charge is 0.256 e. The summed E-state index contributed by atoms with van der Waals surface area (Å²) < 4.78 is 26.3. The highest BCUT2D eigenvalue weighted by molar-refractivity contribution is 5.94. The van der Waals surface area contributed by atoms with E-state index < -0.39 is 17.5 Å². The molecule has 2 nitrogen and oxygen atoms in total. The van der Waals surface area contributed by atoms with Gasteiger partial charge in [-0.3, -0.25) is 4.79 Å². The monoisotopic (exact) mass is 227 g/mol. The Morgan fingerprint density at radius 2 is 2.00 bits per heavy atom. The van der Waals surface area contributed by atoms with E-state index in [2.05, 4.69) is 0 Å². The number of nitrogens with zero attached hydrogens (tertiary/aromatic N) is 1. The molecule has 4 heteroatoms. The first-order chi connectivity index (χ1) is 7.61. The van der Waals surface area contributed by atoms with Crippen LogP contribution in [0.1, 0.15) is 30.6 Å². The maximum Gasteiger partial charge on any atom is 0.256 e. The lowest BCUT2D eigenvalue weighted by molar-refractivity contribution is 0.0758. The van der Waals surface area contributed by atoms with E-state index in [9.17, 15) is 13.6 Å². The highest BCUT2D eigenvalue weighted by atomic mass is 19.2. The summed E-state index contributed by atoms with van der Waals surface area (Å²) in [7, 11) is 0. The number of benzene rings is 1. The zero-order valence-corrected chi connectivity index (χ0v) is 9.46. The van der Waals surface area contributed by atoms with Gasteiger partial charge in [-0.1, -0.05) is 13.0 Å². The summed E-state index contributed by atoms with van der Waals surface area (Å²) >= 11 is 0. The van der Waals surface area contributed by atoms with Gasteiger partial charge < -0.3 is 4.90 Å². The van der Waals surface area contributed by atoms with Crippen molar-refractivity contribution in [2.45, 2.75) is 20.3 Å². The van der Waals surface area contributed by atoms with E-state index in [-0.39, 0.29) is 5.56 Å². The molecule has 0 unspecified atom stereocenters. The van der Waals surface area contributed by atoms with Crippen LogP contribution in [0.3, 0.4) is 0 Å². The standard InChI is InChI=1S/C12H15F2NO/c1-3-8-15(4-2)12(16)9-6-5-7-10(13)11(9)14/h5-7H,3-4,8H2,1-2H3. The zero-order chi connectivity index (χ0) is 12.1. The molecule has 1 aromatic rings. The fourth-order valence-corrected chi connectivity index (χ4v) is 1.51. The summed E-state index contributed by atoms with van der Waals surface area (Å²) in [6, 6.07) is 3.65. The number of hydrogen-bond acceptors (Lipinski definition) is 1. The molecule has 0 aromatic heterocycles. The molecule has 0 fully saturated rings. The van der Waals surface area contributed by atoms with Gasteiger partial charge in [0, 0.05) is 13.1 Å². The van der Waals surface area contributed by atoms with Gasteiger partial charge in [0.1, 0.15) is 0 Å².